The normalized spacial score (nSPS) is 9.84. The number of nitrogens with zero attached hydrogens (tertiary/aromatic N) is 3. The number of ether oxygens (including phenoxy) is 1. The second-order valence-electron chi connectivity index (χ2n) is 6.37. The van der Waals surface area contributed by atoms with Gasteiger partial charge in [-0.05, 0) is 49.4 Å². The van der Waals surface area contributed by atoms with Crippen molar-refractivity contribution >= 4 is 11.6 Å². The quantitative estimate of drug-likeness (QED) is 0.403. The fourth-order valence-electron chi connectivity index (χ4n) is 2.84. The average Bonchev–Trinajstić information content (AvgIpc) is 2.82. The minimum absolute atomic E-state index is 0.194. The van der Waals surface area contributed by atoms with Gasteiger partial charge < -0.3 is 10.1 Å². The van der Waals surface area contributed by atoms with Gasteiger partial charge in [-0.15, -0.1) is 4.91 Å². The molecule has 166 valence electrons. The number of anilines is 1. The molecule has 0 saturated carbocycles. The zero-order chi connectivity index (χ0) is 23.5. The maximum atomic E-state index is 12.3. The molecule has 1 heterocycles. The van der Waals surface area contributed by atoms with Crippen molar-refractivity contribution < 1.29 is 9.53 Å². The van der Waals surface area contributed by atoms with Crippen LogP contribution in [-0.2, 0) is 11.3 Å². The highest BCUT2D eigenvalue weighted by Gasteiger charge is 2.08. The molecule has 2 aromatic carbocycles. The fourth-order valence-corrected chi connectivity index (χ4v) is 2.84. The Balaban J connectivity index is 0.00000176. The van der Waals surface area contributed by atoms with E-state index in [1.54, 1.807) is 18.2 Å². The average molecular weight is 434 g/mol. The molecular weight excluding hydrogens is 408 g/mol. The van der Waals surface area contributed by atoms with E-state index in [-0.39, 0.29) is 17.7 Å². The number of hydrogen-bond acceptors (Lipinski definition) is 6. The van der Waals surface area contributed by atoms with Crippen LogP contribution in [0.15, 0.2) is 83.1 Å². The second kappa shape index (κ2) is 11.9. The summed E-state index contributed by atoms with van der Waals surface area (Å²) in [7, 11) is 0. The summed E-state index contributed by atoms with van der Waals surface area (Å²) >= 11 is 0. The Morgan fingerprint density at radius 2 is 1.84 bits per heavy atom. The van der Waals surface area contributed by atoms with Crippen LogP contribution in [0.1, 0.15) is 36.7 Å². The molecular formula is C24H26N4O4. The SMILES string of the molecule is C=C(Nc1cccc(Cn2nc(-c3ccc(C(=O)N=O)cc3)ccc2=O)c1)OCC.CC. The third-order valence-corrected chi connectivity index (χ3v) is 4.24. The third-order valence-electron chi connectivity index (χ3n) is 4.24. The van der Waals surface area contributed by atoms with Gasteiger partial charge in [0.05, 0.1) is 18.8 Å². The Bertz CT molecular complexity index is 1140. The summed E-state index contributed by atoms with van der Waals surface area (Å²) in [6.45, 7) is 10.4. The molecule has 0 unspecified atom stereocenters. The molecule has 1 aromatic heterocycles. The number of carbonyl (C=O) groups is 1. The van der Waals surface area contributed by atoms with E-state index >= 15 is 0 Å². The van der Waals surface area contributed by atoms with Gasteiger partial charge in [0.25, 0.3) is 5.56 Å². The van der Waals surface area contributed by atoms with Gasteiger partial charge in [-0.25, -0.2) is 4.68 Å². The number of nitrogens with one attached hydrogen (secondary N) is 1. The predicted octanol–water partition coefficient (Wildman–Crippen LogP) is 4.81. The van der Waals surface area contributed by atoms with Crippen LogP contribution in [-0.4, -0.2) is 22.3 Å². The van der Waals surface area contributed by atoms with E-state index in [2.05, 4.69) is 22.2 Å². The first-order chi connectivity index (χ1) is 15.5. The molecule has 3 rings (SSSR count). The van der Waals surface area contributed by atoms with Crippen LogP contribution in [0.5, 0.6) is 0 Å². The zero-order valence-electron chi connectivity index (χ0n) is 18.4. The zero-order valence-corrected chi connectivity index (χ0v) is 18.4. The Kier molecular flexibility index (Phi) is 9.04. The first-order valence-corrected chi connectivity index (χ1v) is 10.2. The summed E-state index contributed by atoms with van der Waals surface area (Å²) < 4.78 is 6.66. The molecule has 3 aromatic rings. The molecule has 0 saturated heterocycles. The van der Waals surface area contributed by atoms with Crippen LogP contribution < -0.4 is 10.9 Å². The van der Waals surface area contributed by atoms with Crippen LogP contribution in [0.2, 0.25) is 0 Å². The van der Waals surface area contributed by atoms with Crippen molar-refractivity contribution in [2.24, 2.45) is 5.18 Å². The number of hydrogen-bond donors (Lipinski definition) is 1. The van der Waals surface area contributed by atoms with Crippen LogP contribution in [0.25, 0.3) is 11.3 Å². The number of aromatic nitrogens is 2. The summed E-state index contributed by atoms with van der Waals surface area (Å²) in [5.41, 5.74) is 2.88. The summed E-state index contributed by atoms with van der Waals surface area (Å²) in [5.74, 6) is -0.390. The monoisotopic (exact) mass is 434 g/mol. The molecule has 0 aliphatic rings. The van der Waals surface area contributed by atoms with Gasteiger partial charge in [0.15, 0.2) is 5.88 Å². The highest BCUT2D eigenvalue weighted by Crippen LogP contribution is 2.18. The van der Waals surface area contributed by atoms with Crippen LogP contribution in [0.4, 0.5) is 5.69 Å². The van der Waals surface area contributed by atoms with E-state index in [1.165, 1.54) is 22.9 Å². The first kappa shape index (κ1) is 24.2. The summed E-state index contributed by atoms with van der Waals surface area (Å²) in [6, 6.07) is 16.9. The lowest BCUT2D eigenvalue weighted by atomic mass is 10.1. The molecule has 8 nitrogen and oxygen atoms in total. The van der Waals surface area contributed by atoms with Gasteiger partial charge in [0.2, 0.25) is 0 Å². The van der Waals surface area contributed by atoms with E-state index in [1.807, 2.05) is 45.0 Å². The predicted molar refractivity (Wildman–Crippen MR) is 125 cm³/mol. The smallest absolute Gasteiger partial charge is 0.316 e. The van der Waals surface area contributed by atoms with Gasteiger partial charge in [-0.2, -0.15) is 5.10 Å². The van der Waals surface area contributed by atoms with Crippen molar-refractivity contribution in [3.8, 4) is 11.3 Å². The lowest BCUT2D eigenvalue weighted by Crippen LogP contribution is -2.22. The summed E-state index contributed by atoms with van der Waals surface area (Å²) in [5, 5.41) is 9.88. The highest BCUT2D eigenvalue weighted by atomic mass is 16.5. The van der Waals surface area contributed by atoms with E-state index in [0.29, 0.717) is 23.7 Å². The maximum absolute atomic E-state index is 12.3. The lowest BCUT2D eigenvalue weighted by Gasteiger charge is -2.12. The maximum Gasteiger partial charge on any atom is 0.316 e. The molecule has 1 amide bonds. The number of benzene rings is 2. The molecule has 0 radical (unpaired) electrons. The fraction of sp³-hybridized carbons (Fsp3) is 0.208. The van der Waals surface area contributed by atoms with Crippen LogP contribution in [0, 0.1) is 4.91 Å². The Labute approximate surface area is 186 Å². The third kappa shape index (κ3) is 6.46. The Morgan fingerprint density at radius 1 is 1.12 bits per heavy atom. The second-order valence-corrected chi connectivity index (χ2v) is 6.37. The van der Waals surface area contributed by atoms with Gasteiger partial charge >= 0.3 is 5.91 Å². The number of nitroso groups, excluding NO2 is 1. The standard InChI is InChI=1S/C22H20N4O4.C2H6/c1-3-30-15(2)23-19-6-4-5-16(13-19)14-26-21(27)12-11-20(24-26)17-7-9-18(10-8-17)22(28)25-29;1-2/h4-13,23H,2-3,14H2,1H3;1-2H3. The highest BCUT2D eigenvalue weighted by molar-refractivity contribution is 5.95. The van der Waals surface area contributed by atoms with Crippen molar-refractivity contribution in [1.82, 2.24) is 9.78 Å². The van der Waals surface area contributed by atoms with Crippen LogP contribution >= 0.6 is 0 Å². The molecule has 8 heteroatoms. The van der Waals surface area contributed by atoms with E-state index in [9.17, 15) is 14.5 Å². The van der Waals surface area contributed by atoms with Gasteiger partial charge in [0.1, 0.15) is 0 Å². The van der Waals surface area contributed by atoms with Crippen molar-refractivity contribution in [1.29, 1.82) is 0 Å². The van der Waals surface area contributed by atoms with Crippen molar-refractivity contribution in [2.45, 2.75) is 27.3 Å². The number of carbonyl (C=O) groups excluding carboxylic acids is 1. The molecule has 1 N–H and O–H groups in total. The van der Waals surface area contributed by atoms with E-state index in [0.717, 1.165) is 11.3 Å². The Hall–Kier alpha value is -4.07. The number of amides is 1. The molecule has 32 heavy (non-hydrogen) atoms. The van der Waals surface area contributed by atoms with Crippen molar-refractivity contribution in [3.05, 3.63) is 99.5 Å². The van der Waals surface area contributed by atoms with Crippen molar-refractivity contribution in [2.75, 3.05) is 11.9 Å². The lowest BCUT2D eigenvalue weighted by molar-refractivity contribution is 0.100. The van der Waals surface area contributed by atoms with Crippen LogP contribution in [0.3, 0.4) is 0 Å². The first-order valence-electron chi connectivity index (χ1n) is 10.2. The molecule has 0 spiro atoms. The summed E-state index contributed by atoms with van der Waals surface area (Å²) in [4.78, 5) is 34.0. The van der Waals surface area contributed by atoms with Gasteiger partial charge in [-0.3, -0.25) is 9.59 Å². The van der Waals surface area contributed by atoms with Gasteiger partial charge in [0, 0.05) is 28.1 Å². The molecule has 0 fully saturated rings. The van der Waals surface area contributed by atoms with E-state index < -0.39 is 5.91 Å². The molecule has 0 bridgehead atoms. The summed E-state index contributed by atoms with van der Waals surface area (Å²) in [6.07, 6.45) is 0. The minimum Gasteiger partial charge on any atom is -0.480 e. The molecule has 0 aliphatic carbocycles. The minimum atomic E-state index is -0.833. The topological polar surface area (TPSA) is 103 Å². The largest absolute Gasteiger partial charge is 0.480 e. The van der Waals surface area contributed by atoms with Crippen molar-refractivity contribution in [3.63, 3.8) is 0 Å². The molecule has 0 atom stereocenters. The number of rotatable bonds is 8. The molecule has 0 aliphatic heterocycles. The van der Waals surface area contributed by atoms with Gasteiger partial charge in [-0.1, -0.05) is 38.1 Å². The van der Waals surface area contributed by atoms with E-state index in [4.69, 9.17) is 4.74 Å². The Morgan fingerprint density at radius 3 is 2.50 bits per heavy atom.